The molecule has 1 saturated heterocycles. The number of ether oxygens (including phenoxy) is 1. The first-order valence-electron chi connectivity index (χ1n) is 11.5. The highest BCUT2D eigenvalue weighted by atomic mass is 32.2. The number of rotatable bonds is 10. The van der Waals surface area contributed by atoms with E-state index in [1.807, 2.05) is 30.3 Å². The van der Waals surface area contributed by atoms with E-state index < -0.39 is 6.17 Å². The van der Waals surface area contributed by atoms with Gasteiger partial charge in [-0.2, -0.15) is 5.10 Å². The first-order chi connectivity index (χ1) is 16.2. The van der Waals surface area contributed by atoms with E-state index in [9.17, 15) is 5.11 Å². The summed E-state index contributed by atoms with van der Waals surface area (Å²) in [5, 5.41) is 19.8. The molecular formula is C25H31FN4O2S. The zero-order valence-corrected chi connectivity index (χ0v) is 19.8. The molecule has 1 fully saturated rings. The molecule has 2 aromatic heterocycles. The lowest BCUT2D eigenvalue weighted by Gasteiger charge is -2.38. The summed E-state index contributed by atoms with van der Waals surface area (Å²) in [5.74, 6) is 2.16. The number of halogens is 1. The van der Waals surface area contributed by atoms with Crippen molar-refractivity contribution < 1.29 is 14.2 Å². The third kappa shape index (κ3) is 6.19. The molecule has 0 bridgehead atoms. The predicted molar refractivity (Wildman–Crippen MR) is 129 cm³/mol. The largest absolute Gasteiger partial charge is 0.497 e. The molecule has 1 aliphatic heterocycles. The summed E-state index contributed by atoms with van der Waals surface area (Å²) in [7, 11) is 1.61. The Kier molecular flexibility index (Phi) is 8.47. The SMILES string of the molecule is COc1ccc2nccc([C@H](F)CC[C@@H]3CCN(CCSc4cccnn4)C[C@@H]3CO)c2c1. The second-order valence-corrected chi connectivity index (χ2v) is 9.65. The van der Waals surface area contributed by atoms with Gasteiger partial charge in [0, 0.05) is 43.2 Å². The van der Waals surface area contributed by atoms with E-state index in [2.05, 4.69) is 20.1 Å². The summed E-state index contributed by atoms with van der Waals surface area (Å²) in [6.45, 7) is 2.93. The Morgan fingerprint density at radius 2 is 2.15 bits per heavy atom. The highest BCUT2D eigenvalue weighted by Crippen LogP contribution is 2.35. The standard InChI is InChI=1S/C25H31FN4O2S/c1-32-20-5-7-24-22(15-20)21(8-11-27-24)23(26)6-4-18-9-12-30(16-19(18)17-31)13-14-33-25-3-2-10-28-29-25/h2-3,5,7-8,10-11,15,18-19,23,31H,4,6,9,12-14,16-17H2,1H3/t18-,19-,23-/m1/s1. The Hall–Kier alpha value is -2.29. The molecule has 176 valence electrons. The van der Waals surface area contributed by atoms with Gasteiger partial charge >= 0.3 is 0 Å². The summed E-state index contributed by atoms with van der Waals surface area (Å²) < 4.78 is 20.6. The van der Waals surface area contributed by atoms with Crippen LogP contribution >= 0.6 is 11.8 Å². The monoisotopic (exact) mass is 470 g/mol. The van der Waals surface area contributed by atoms with Gasteiger partial charge in [0.05, 0.1) is 12.6 Å². The van der Waals surface area contributed by atoms with E-state index in [0.29, 0.717) is 23.7 Å². The number of thioether (sulfide) groups is 1. The Labute approximate surface area is 198 Å². The number of benzene rings is 1. The van der Waals surface area contributed by atoms with Gasteiger partial charge in [-0.1, -0.05) is 0 Å². The van der Waals surface area contributed by atoms with Crippen molar-refractivity contribution in [2.45, 2.75) is 30.5 Å². The lowest BCUT2D eigenvalue weighted by atomic mass is 9.81. The van der Waals surface area contributed by atoms with Gasteiger partial charge in [-0.3, -0.25) is 4.98 Å². The van der Waals surface area contributed by atoms with Gasteiger partial charge in [0.2, 0.25) is 0 Å². The number of hydrogen-bond acceptors (Lipinski definition) is 7. The Bertz CT molecular complexity index is 1030. The number of aliphatic hydroxyl groups is 1. The van der Waals surface area contributed by atoms with Crippen molar-refractivity contribution in [1.82, 2.24) is 20.1 Å². The molecule has 3 aromatic rings. The van der Waals surface area contributed by atoms with Crippen molar-refractivity contribution in [3.63, 3.8) is 0 Å². The van der Waals surface area contributed by atoms with Crippen LogP contribution in [-0.4, -0.2) is 64.3 Å². The molecule has 6 nitrogen and oxygen atoms in total. The fourth-order valence-corrected chi connectivity index (χ4v) is 5.49. The normalized spacial score (nSPS) is 20.1. The molecule has 0 unspecified atom stereocenters. The number of piperidine rings is 1. The minimum atomic E-state index is -1.07. The van der Waals surface area contributed by atoms with Crippen LogP contribution in [0.3, 0.4) is 0 Å². The number of likely N-dealkylation sites (tertiary alicyclic amines) is 1. The van der Waals surface area contributed by atoms with Crippen molar-refractivity contribution in [2.24, 2.45) is 11.8 Å². The minimum absolute atomic E-state index is 0.144. The zero-order valence-electron chi connectivity index (χ0n) is 18.9. The average molecular weight is 471 g/mol. The number of fused-ring (bicyclic) bond motifs is 1. The van der Waals surface area contributed by atoms with Gasteiger partial charge in [-0.05, 0) is 79.6 Å². The zero-order chi connectivity index (χ0) is 23.0. The highest BCUT2D eigenvalue weighted by molar-refractivity contribution is 7.99. The van der Waals surface area contributed by atoms with Gasteiger partial charge < -0.3 is 14.7 Å². The molecule has 4 rings (SSSR count). The van der Waals surface area contributed by atoms with Crippen LogP contribution in [0.2, 0.25) is 0 Å². The number of hydrogen-bond donors (Lipinski definition) is 1. The van der Waals surface area contributed by atoms with E-state index in [1.54, 1.807) is 37.3 Å². The molecule has 3 heterocycles. The molecule has 0 amide bonds. The smallest absolute Gasteiger partial charge is 0.126 e. The first-order valence-corrected chi connectivity index (χ1v) is 12.5. The molecular weight excluding hydrogens is 439 g/mol. The summed E-state index contributed by atoms with van der Waals surface area (Å²) in [6.07, 6.45) is 4.48. The van der Waals surface area contributed by atoms with Crippen LogP contribution in [0.5, 0.6) is 5.75 Å². The van der Waals surface area contributed by atoms with Gasteiger partial charge in [0.15, 0.2) is 0 Å². The van der Waals surface area contributed by atoms with Crippen molar-refractivity contribution in [2.75, 3.05) is 39.1 Å². The third-order valence-electron chi connectivity index (χ3n) is 6.53. The topological polar surface area (TPSA) is 71.4 Å². The van der Waals surface area contributed by atoms with E-state index in [4.69, 9.17) is 4.74 Å². The van der Waals surface area contributed by atoms with Crippen LogP contribution in [0.4, 0.5) is 4.39 Å². The molecule has 0 saturated carbocycles. The van der Waals surface area contributed by atoms with Crippen LogP contribution in [0.25, 0.3) is 10.9 Å². The molecule has 1 N–H and O–H groups in total. The van der Waals surface area contributed by atoms with Crippen LogP contribution < -0.4 is 4.74 Å². The molecule has 0 aliphatic carbocycles. The number of methoxy groups -OCH3 is 1. The van der Waals surface area contributed by atoms with Crippen LogP contribution in [-0.2, 0) is 0 Å². The summed E-state index contributed by atoms with van der Waals surface area (Å²) in [4.78, 5) is 6.76. The lowest BCUT2D eigenvalue weighted by Crippen LogP contribution is -2.43. The minimum Gasteiger partial charge on any atom is -0.497 e. The number of aromatic nitrogens is 3. The molecule has 8 heteroatoms. The molecule has 33 heavy (non-hydrogen) atoms. The van der Waals surface area contributed by atoms with Crippen molar-refractivity contribution in [3.05, 3.63) is 54.4 Å². The maximum atomic E-state index is 15.3. The molecule has 3 atom stereocenters. The second kappa shape index (κ2) is 11.7. The van der Waals surface area contributed by atoms with E-state index in [0.717, 1.165) is 54.2 Å². The van der Waals surface area contributed by atoms with Gasteiger partial charge in [0.1, 0.15) is 16.9 Å². The maximum absolute atomic E-state index is 15.3. The number of nitrogens with zero attached hydrogens (tertiary/aromatic N) is 4. The van der Waals surface area contributed by atoms with Crippen LogP contribution in [0.1, 0.15) is 31.0 Å². The van der Waals surface area contributed by atoms with Crippen molar-refractivity contribution in [3.8, 4) is 5.75 Å². The summed E-state index contributed by atoms with van der Waals surface area (Å²) >= 11 is 1.70. The number of aliphatic hydroxyl groups excluding tert-OH is 1. The summed E-state index contributed by atoms with van der Waals surface area (Å²) in [5.41, 5.74) is 1.44. The molecule has 1 aromatic carbocycles. The Balaban J connectivity index is 1.30. The second-order valence-electron chi connectivity index (χ2n) is 8.53. The van der Waals surface area contributed by atoms with Gasteiger partial charge in [0.25, 0.3) is 0 Å². The van der Waals surface area contributed by atoms with E-state index >= 15 is 4.39 Å². The van der Waals surface area contributed by atoms with Crippen LogP contribution in [0, 0.1) is 11.8 Å². The number of alkyl halides is 1. The molecule has 1 aliphatic rings. The fourth-order valence-electron chi connectivity index (χ4n) is 4.65. The van der Waals surface area contributed by atoms with Gasteiger partial charge in [-0.15, -0.1) is 16.9 Å². The maximum Gasteiger partial charge on any atom is 0.126 e. The van der Waals surface area contributed by atoms with Crippen LogP contribution in [0.15, 0.2) is 53.8 Å². The Morgan fingerprint density at radius 1 is 1.24 bits per heavy atom. The predicted octanol–water partition coefficient (Wildman–Crippen LogP) is 4.55. The molecule has 0 spiro atoms. The lowest BCUT2D eigenvalue weighted by molar-refractivity contribution is 0.0672. The quantitative estimate of drug-likeness (QED) is 0.436. The van der Waals surface area contributed by atoms with Crippen molar-refractivity contribution in [1.29, 1.82) is 0 Å². The number of pyridine rings is 1. The Morgan fingerprint density at radius 3 is 2.94 bits per heavy atom. The average Bonchev–Trinajstić information content (AvgIpc) is 2.87. The summed E-state index contributed by atoms with van der Waals surface area (Å²) in [6, 6.07) is 11.2. The highest BCUT2D eigenvalue weighted by Gasteiger charge is 2.29. The van der Waals surface area contributed by atoms with E-state index in [-0.39, 0.29) is 12.5 Å². The van der Waals surface area contributed by atoms with Crippen molar-refractivity contribution >= 4 is 22.7 Å². The molecule has 0 radical (unpaired) electrons. The third-order valence-corrected chi connectivity index (χ3v) is 7.43. The fraction of sp³-hybridized carbons (Fsp3) is 0.480. The van der Waals surface area contributed by atoms with Gasteiger partial charge in [-0.25, -0.2) is 4.39 Å². The van der Waals surface area contributed by atoms with E-state index in [1.165, 1.54) is 0 Å². The first kappa shape index (κ1) is 23.9.